The molecule has 10 heteroatoms. The molecule has 0 radical (unpaired) electrons. The first-order valence-electron chi connectivity index (χ1n) is 6.14. The molecule has 0 aromatic carbocycles. The van der Waals surface area contributed by atoms with Crippen LogP contribution in [0.15, 0.2) is 16.9 Å². The van der Waals surface area contributed by atoms with Gasteiger partial charge in [-0.25, -0.2) is 0 Å². The van der Waals surface area contributed by atoms with Gasteiger partial charge in [0.15, 0.2) is 0 Å². The molecule has 22 heavy (non-hydrogen) atoms. The molecule has 0 bridgehead atoms. The van der Waals surface area contributed by atoms with E-state index in [0.29, 0.717) is 25.8 Å². The Bertz CT molecular complexity index is 534. The van der Waals surface area contributed by atoms with Gasteiger partial charge < -0.3 is 20.4 Å². The Morgan fingerprint density at radius 1 is 1.27 bits per heavy atom. The number of carbonyl (C=O) groups excluding carboxylic acids is 1. The Morgan fingerprint density at radius 2 is 1.95 bits per heavy atom. The molecule has 0 aliphatic carbocycles. The first-order chi connectivity index (χ1) is 9.86. The van der Waals surface area contributed by atoms with Crippen molar-refractivity contribution in [3.63, 3.8) is 0 Å². The number of pyridine rings is 1. The van der Waals surface area contributed by atoms with Crippen molar-refractivity contribution in [1.29, 1.82) is 0 Å². The summed E-state index contributed by atoms with van der Waals surface area (Å²) in [6.07, 6.45) is -4.65. The largest absolute Gasteiger partial charge is 0.431 e. The van der Waals surface area contributed by atoms with E-state index in [1.54, 1.807) is 12.1 Å². The van der Waals surface area contributed by atoms with Gasteiger partial charge in [0.25, 0.3) is 11.5 Å². The lowest BCUT2D eigenvalue weighted by atomic mass is 10.2. The number of nitrogens with one attached hydrogen (secondary N) is 3. The average Bonchev–Trinajstić information content (AvgIpc) is 2.41. The smallest absolute Gasteiger partial charge is 0.383 e. The third-order valence-electron chi connectivity index (χ3n) is 2.53. The summed E-state index contributed by atoms with van der Waals surface area (Å²) >= 11 is 0. The summed E-state index contributed by atoms with van der Waals surface area (Å²) in [7, 11) is 1.56. The minimum Gasteiger partial charge on any atom is -0.383 e. The normalized spacial score (nSPS) is 10.9. The van der Waals surface area contributed by atoms with Gasteiger partial charge in [0.05, 0.1) is 6.61 Å². The second kappa shape index (κ2) is 9.44. The SMILES string of the molecule is COCCNCCNC(=O)c1ccc(C(F)(F)F)[nH]c1=O.Cl. The van der Waals surface area contributed by atoms with Crippen LogP contribution in [-0.4, -0.2) is 44.2 Å². The van der Waals surface area contributed by atoms with Crippen molar-refractivity contribution in [2.45, 2.75) is 6.18 Å². The maximum atomic E-state index is 12.4. The second-order valence-electron chi connectivity index (χ2n) is 4.11. The van der Waals surface area contributed by atoms with E-state index in [2.05, 4.69) is 10.6 Å². The van der Waals surface area contributed by atoms with Crippen LogP contribution in [0, 0.1) is 0 Å². The van der Waals surface area contributed by atoms with Crippen molar-refractivity contribution in [1.82, 2.24) is 15.6 Å². The van der Waals surface area contributed by atoms with Gasteiger partial charge in [0, 0.05) is 26.7 Å². The molecule has 0 saturated heterocycles. The maximum absolute atomic E-state index is 12.4. The molecule has 6 nitrogen and oxygen atoms in total. The lowest BCUT2D eigenvalue weighted by Crippen LogP contribution is -2.35. The van der Waals surface area contributed by atoms with Crippen molar-refractivity contribution >= 4 is 18.3 Å². The van der Waals surface area contributed by atoms with Crippen LogP contribution >= 0.6 is 12.4 Å². The Balaban J connectivity index is 0.00000441. The van der Waals surface area contributed by atoms with Gasteiger partial charge in [0.2, 0.25) is 0 Å². The maximum Gasteiger partial charge on any atom is 0.431 e. The highest BCUT2D eigenvalue weighted by Gasteiger charge is 2.32. The molecule has 0 fully saturated rings. The van der Waals surface area contributed by atoms with Gasteiger partial charge in [-0.1, -0.05) is 0 Å². The van der Waals surface area contributed by atoms with E-state index < -0.39 is 23.3 Å². The number of aromatic amines is 1. The van der Waals surface area contributed by atoms with Crippen LogP contribution in [-0.2, 0) is 10.9 Å². The number of carbonyl (C=O) groups is 1. The quantitative estimate of drug-likeness (QED) is 0.639. The van der Waals surface area contributed by atoms with Gasteiger partial charge in [0.1, 0.15) is 11.3 Å². The van der Waals surface area contributed by atoms with Crippen LogP contribution in [0.2, 0.25) is 0 Å². The minimum atomic E-state index is -4.65. The van der Waals surface area contributed by atoms with Gasteiger partial charge in [-0.3, -0.25) is 9.59 Å². The number of aromatic nitrogens is 1. The number of methoxy groups -OCH3 is 1. The monoisotopic (exact) mass is 343 g/mol. The van der Waals surface area contributed by atoms with Crippen molar-refractivity contribution < 1.29 is 22.7 Å². The van der Waals surface area contributed by atoms with Crippen LogP contribution in [0.1, 0.15) is 16.1 Å². The number of hydrogen-bond acceptors (Lipinski definition) is 4. The first-order valence-corrected chi connectivity index (χ1v) is 6.14. The van der Waals surface area contributed by atoms with E-state index in [9.17, 15) is 22.8 Å². The highest BCUT2D eigenvalue weighted by Crippen LogP contribution is 2.26. The molecule has 0 unspecified atom stereocenters. The van der Waals surface area contributed by atoms with Crippen LogP contribution in [0.4, 0.5) is 13.2 Å². The topological polar surface area (TPSA) is 83.2 Å². The summed E-state index contributed by atoms with van der Waals surface area (Å²) in [4.78, 5) is 24.7. The molecule has 1 amide bonds. The number of alkyl halides is 3. The summed E-state index contributed by atoms with van der Waals surface area (Å²) in [5, 5.41) is 5.39. The molecule has 0 spiro atoms. The average molecular weight is 344 g/mol. The molecule has 1 aromatic heterocycles. The third kappa shape index (κ3) is 6.46. The molecular weight excluding hydrogens is 327 g/mol. The van der Waals surface area contributed by atoms with Crippen molar-refractivity contribution in [2.75, 3.05) is 33.4 Å². The van der Waals surface area contributed by atoms with E-state index in [0.717, 1.165) is 6.07 Å². The summed E-state index contributed by atoms with van der Waals surface area (Å²) < 4.78 is 41.9. The van der Waals surface area contributed by atoms with Crippen LogP contribution < -0.4 is 16.2 Å². The summed E-state index contributed by atoms with van der Waals surface area (Å²) in [6.45, 7) is 1.82. The predicted molar refractivity (Wildman–Crippen MR) is 76.4 cm³/mol. The Kier molecular flexibility index (Phi) is 8.76. The minimum absolute atomic E-state index is 0. The summed E-state index contributed by atoms with van der Waals surface area (Å²) in [5.41, 5.74) is -2.63. The number of halogens is 4. The fourth-order valence-corrected chi connectivity index (χ4v) is 1.48. The molecule has 126 valence electrons. The Hall–Kier alpha value is -1.58. The molecule has 1 aromatic rings. The summed E-state index contributed by atoms with van der Waals surface area (Å²) in [5.74, 6) is -0.724. The van der Waals surface area contributed by atoms with Gasteiger partial charge in [-0.2, -0.15) is 13.2 Å². The zero-order valence-electron chi connectivity index (χ0n) is 11.8. The lowest BCUT2D eigenvalue weighted by molar-refractivity contribution is -0.141. The summed E-state index contributed by atoms with van der Waals surface area (Å²) in [6, 6.07) is 1.52. The molecule has 0 saturated carbocycles. The highest BCUT2D eigenvalue weighted by atomic mass is 35.5. The standard InChI is InChI=1S/C12H16F3N3O3.ClH/c1-21-7-6-16-4-5-17-10(19)8-2-3-9(12(13,14)15)18-11(8)20;/h2-3,16H,4-7H2,1H3,(H,17,19)(H,18,20);1H. The zero-order valence-corrected chi connectivity index (χ0v) is 12.6. The van der Waals surface area contributed by atoms with E-state index >= 15 is 0 Å². The zero-order chi connectivity index (χ0) is 15.9. The number of rotatable bonds is 7. The van der Waals surface area contributed by atoms with Gasteiger partial charge in [-0.05, 0) is 12.1 Å². The van der Waals surface area contributed by atoms with Crippen LogP contribution in [0.3, 0.4) is 0 Å². The van der Waals surface area contributed by atoms with E-state index in [-0.39, 0.29) is 24.5 Å². The first kappa shape index (κ1) is 20.4. The lowest BCUT2D eigenvalue weighted by Gasteiger charge is -2.08. The van der Waals surface area contributed by atoms with E-state index in [4.69, 9.17) is 4.74 Å². The number of ether oxygens (including phenoxy) is 1. The van der Waals surface area contributed by atoms with Crippen LogP contribution in [0.25, 0.3) is 0 Å². The van der Waals surface area contributed by atoms with Crippen molar-refractivity contribution in [3.05, 3.63) is 33.7 Å². The van der Waals surface area contributed by atoms with Crippen molar-refractivity contribution in [2.24, 2.45) is 0 Å². The molecule has 0 aliphatic heterocycles. The molecule has 0 aliphatic rings. The van der Waals surface area contributed by atoms with E-state index in [1.807, 2.05) is 0 Å². The molecular formula is C12H17ClF3N3O3. The van der Waals surface area contributed by atoms with Crippen molar-refractivity contribution in [3.8, 4) is 0 Å². The Morgan fingerprint density at radius 3 is 2.50 bits per heavy atom. The molecule has 1 rings (SSSR count). The molecule has 3 N–H and O–H groups in total. The third-order valence-corrected chi connectivity index (χ3v) is 2.53. The number of H-pyrrole nitrogens is 1. The van der Waals surface area contributed by atoms with E-state index in [1.165, 1.54) is 0 Å². The highest BCUT2D eigenvalue weighted by molar-refractivity contribution is 5.93. The Labute approximate surface area is 130 Å². The van der Waals surface area contributed by atoms with Crippen LogP contribution in [0.5, 0.6) is 0 Å². The number of hydrogen-bond donors (Lipinski definition) is 3. The number of amides is 1. The molecule has 0 atom stereocenters. The second-order valence-corrected chi connectivity index (χ2v) is 4.11. The fourth-order valence-electron chi connectivity index (χ4n) is 1.48. The predicted octanol–water partition coefficient (Wildman–Crippen LogP) is 0.781. The van der Waals surface area contributed by atoms with Gasteiger partial charge >= 0.3 is 6.18 Å². The molecule has 1 heterocycles. The fraction of sp³-hybridized carbons (Fsp3) is 0.500. The van der Waals surface area contributed by atoms with Gasteiger partial charge in [-0.15, -0.1) is 12.4 Å².